The van der Waals surface area contributed by atoms with Crippen LogP contribution in [0.1, 0.15) is 6.92 Å². The van der Waals surface area contributed by atoms with Crippen LogP contribution in [0, 0.1) is 0 Å². The molecular formula is C10H17N3O. The Labute approximate surface area is 84.6 Å². The molecule has 0 aromatic heterocycles. The Kier molecular flexibility index (Phi) is 2.03. The van der Waals surface area contributed by atoms with Crippen LogP contribution >= 0.6 is 0 Å². The first-order valence-electron chi connectivity index (χ1n) is 4.97. The fraction of sp³-hybridized carbons (Fsp3) is 0.700. The molecule has 0 spiro atoms. The number of carbonyl (C=O) groups is 1. The Bertz CT molecular complexity index is 298. The molecule has 2 aliphatic heterocycles. The van der Waals surface area contributed by atoms with Crippen molar-refractivity contribution >= 4 is 5.91 Å². The molecule has 1 N–H and O–H groups in total. The lowest BCUT2D eigenvalue weighted by Gasteiger charge is -2.43. The Hall–Kier alpha value is -1.03. The van der Waals surface area contributed by atoms with Crippen LogP contribution in [0.4, 0.5) is 0 Å². The molecule has 78 valence electrons. The monoisotopic (exact) mass is 195 g/mol. The van der Waals surface area contributed by atoms with Crippen molar-refractivity contribution in [3.63, 3.8) is 0 Å². The summed E-state index contributed by atoms with van der Waals surface area (Å²) in [4.78, 5) is 15.7. The van der Waals surface area contributed by atoms with Crippen LogP contribution in [0.25, 0.3) is 0 Å². The van der Waals surface area contributed by atoms with Gasteiger partial charge in [-0.25, -0.2) is 0 Å². The molecular weight excluding hydrogens is 178 g/mol. The van der Waals surface area contributed by atoms with Gasteiger partial charge >= 0.3 is 0 Å². The quantitative estimate of drug-likeness (QED) is 0.620. The summed E-state index contributed by atoms with van der Waals surface area (Å²) in [6, 6.07) is 0. The van der Waals surface area contributed by atoms with E-state index in [1.165, 1.54) is 0 Å². The van der Waals surface area contributed by atoms with Gasteiger partial charge in [-0.3, -0.25) is 4.79 Å². The van der Waals surface area contributed by atoms with E-state index < -0.39 is 0 Å². The molecule has 1 unspecified atom stereocenters. The van der Waals surface area contributed by atoms with Crippen LogP contribution in [-0.2, 0) is 4.79 Å². The molecule has 1 amide bonds. The van der Waals surface area contributed by atoms with E-state index in [-0.39, 0.29) is 11.4 Å². The lowest BCUT2D eigenvalue weighted by molar-refractivity contribution is -0.129. The zero-order valence-electron chi connectivity index (χ0n) is 9.00. The van der Waals surface area contributed by atoms with E-state index in [1.54, 1.807) is 6.08 Å². The summed E-state index contributed by atoms with van der Waals surface area (Å²) in [5.41, 5.74) is 0.966. The SMILES string of the molecule is CN(C)C1=CC(=O)N2CCNCC12C. The molecule has 2 heterocycles. The van der Waals surface area contributed by atoms with Gasteiger partial charge in [0.1, 0.15) is 0 Å². The molecule has 0 aliphatic carbocycles. The van der Waals surface area contributed by atoms with Gasteiger partial charge in [-0.05, 0) is 6.92 Å². The minimum atomic E-state index is -0.140. The summed E-state index contributed by atoms with van der Waals surface area (Å²) in [5, 5.41) is 3.34. The van der Waals surface area contributed by atoms with Crippen LogP contribution < -0.4 is 5.32 Å². The number of nitrogens with one attached hydrogen (secondary N) is 1. The number of hydrogen-bond acceptors (Lipinski definition) is 3. The van der Waals surface area contributed by atoms with Gasteiger partial charge in [0.05, 0.1) is 5.54 Å². The predicted molar refractivity (Wildman–Crippen MR) is 54.8 cm³/mol. The molecule has 14 heavy (non-hydrogen) atoms. The minimum Gasteiger partial charge on any atom is -0.379 e. The smallest absolute Gasteiger partial charge is 0.249 e. The second kappa shape index (κ2) is 2.98. The Morgan fingerprint density at radius 2 is 2.29 bits per heavy atom. The van der Waals surface area contributed by atoms with Gasteiger partial charge in [-0.15, -0.1) is 0 Å². The topological polar surface area (TPSA) is 35.6 Å². The van der Waals surface area contributed by atoms with Crippen LogP contribution in [0.5, 0.6) is 0 Å². The van der Waals surface area contributed by atoms with Crippen molar-refractivity contribution in [2.75, 3.05) is 33.7 Å². The highest BCUT2D eigenvalue weighted by Gasteiger charge is 2.45. The molecule has 2 aliphatic rings. The van der Waals surface area contributed by atoms with E-state index in [1.807, 2.05) is 23.9 Å². The summed E-state index contributed by atoms with van der Waals surface area (Å²) in [6.45, 7) is 4.68. The molecule has 0 saturated carbocycles. The van der Waals surface area contributed by atoms with E-state index in [0.717, 1.165) is 25.3 Å². The summed E-state index contributed by atoms with van der Waals surface area (Å²) in [6.07, 6.45) is 1.76. The fourth-order valence-corrected chi connectivity index (χ4v) is 2.41. The average Bonchev–Trinajstić information content (AvgIpc) is 2.39. The molecule has 0 aromatic carbocycles. The van der Waals surface area contributed by atoms with Crippen LogP contribution in [0.15, 0.2) is 11.8 Å². The van der Waals surface area contributed by atoms with E-state index >= 15 is 0 Å². The number of piperazine rings is 1. The maximum absolute atomic E-state index is 11.7. The highest BCUT2D eigenvalue weighted by Crippen LogP contribution is 2.32. The zero-order chi connectivity index (χ0) is 10.3. The van der Waals surface area contributed by atoms with E-state index in [2.05, 4.69) is 12.2 Å². The molecule has 0 aromatic rings. The normalized spacial score (nSPS) is 31.5. The van der Waals surface area contributed by atoms with Crippen LogP contribution in [0.2, 0.25) is 0 Å². The van der Waals surface area contributed by atoms with Gasteiger partial charge in [0.25, 0.3) is 0 Å². The van der Waals surface area contributed by atoms with E-state index in [0.29, 0.717) is 0 Å². The predicted octanol–water partition coefficient (Wildman–Crippen LogP) is -0.364. The lowest BCUT2D eigenvalue weighted by atomic mass is 9.96. The molecule has 1 atom stereocenters. The van der Waals surface area contributed by atoms with Crippen molar-refractivity contribution in [2.24, 2.45) is 0 Å². The fourth-order valence-electron chi connectivity index (χ4n) is 2.41. The van der Waals surface area contributed by atoms with Crippen molar-refractivity contribution in [3.05, 3.63) is 11.8 Å². The highest BCUT2D eigenvalue weighted by molar-refractivity contribution is 5.93. The van der Waals surface area contributed by atoms with E-state index in [4.69, 9.17) is 0 Å². The second-order valence-electron chi connectivity index (χ2n) is 4.36. The minimum absolute atomic E-state index is 0.140. The first-order chi connectivity index (χ1) is 6.55. The molecule has 4 nitrogen and oxygen atoms in total. The maximum Gasteiger partial charge on any atom is 0.249 e. The van der Waals surface area contributed by atoms with Crippen molar-refractivity contribution in [2.45, 2.75) is 12.5 Å². The van der Waals surface area contributed by atoms with E-state index in [9.17, 15) is 4.79 Å². The third-order valence-electron chi connectivity index (χ3n) is 3.14. The summed E-state index contributed by atoms with van der Waals surface area (Å²) >= 11 is 0. The number of rotatable bonds is 1. The van der Waals surface area contributed by atoms with Crippen molar-refractivity contribution < 1.29 is 4.79 Å². The molecule has 4 heteroatoms. The molecule has 0 bridgehead atoms. The van der Waals surface area contributed by atoms with Gasteiger partial charge in [0.2, 0.25) is 5.91 Å². The summed E-state index contributed by atoms with van der Waals surface area (Å²) in [7, 11) is 3.98. The Morgan fingerprint density at radius 3 is 2.93 bits per heavy atom. The Balaban J connectivity index is 2.35. The summed E-state index contributed by atoms with van der Waals surface area (Å²) < 4.78 is 0. The lowest BCUT2D eigenvalue weighted by Crippen LogP contribution is -2.60. The molecule has 1 fully saturated rings. The number of hydrogen-bond donors (Lipinski definition) is 1. The maximum atomic E-state index is 11.7. The first kappa shape index (κ1) is 9.52. The van der Waals surface area contributed by atoms with Crippen molar-refractivity contribution in [1.29, 1.82) is 0 Å². The third kappa shape index (κ3) is 1.14. The first-order valence-corrected chi connectivity index (χ1v) is 4.97. The molecule has 2 rings (SSSR count). The Morgan fingerprint density at radius 1 is 1.57 bits per heavy atom. The number of carbonyl (C=O) groups excluding carboxylic acids is 1. The second-order valence-corrected chi connectivity index (χ2v) is 4.36. The van der Waals surface area contributed by atoms with Crippen molar-refractivity contribution in [3.8, 4) is 0 Å². The number of amides is 1. The molecule has 1 saturated heterocycles. The third-order valence-corrected chi connectivity index (χ3v) is 3.14. The number of nitrogens with zero attached hydrogens (tertiary/aromatic N) is 2. The number of fused-ring (bicyclic) bond motifs is 1. The van der Waals surface area contributed by atoms with Gasteiger partial charge in [-0.2, -0.15) is 0 Å². The van der Waals surface area contributed by atoms with Crippen LogP contribution in [-0.4, -0.2) is 55.0 Å². The van der Waals surface area contributed by atoms with Gasteiger partial charge < -0.3 is 15.1 Å². The summed E-state index contributed by atoms with van der Waals surface area (Å²) in [5.74, 6) is 0.151. The van der Waals surface area contributed by atoms with Gasteiger partial charge in [0.15, 0.2) is 0 Å². The standard InChI is InChI=1S/C10H17N3O/c1-10-7-11-4-5-13(10)9(14)6-8(10)12(2)3/h6,11H,4-5,7H2,1-3H3. The van der Waals surface area contributed by atoms with Crippen molar-refractivity contribution in [1.82, 2.24) is 15.1 Å². The number of likely N-dealkylation sites (N-methyl/N-ethyl adjacent to an activating group) is 1. The largest absolute Gasteiger partial charge is 0.379 e. The average molecular weight is 195 g/mol. The zero-order valence-corrected chi connectivity index (χ0v) is 9.00. The molecule has 0 radical (unpaired) electrons. The van der Waals surface area contributed by atoms with Crippen LogP contribution in [0.3, 0.4) is 0 Å². The van der Waals surface area contributed by atoms with Gasteiger partial charge in [-0.1, -0.05) is 0 Å². The highest BCUT2D eigenvalue weighted by atomic mass is 16.2. The van der Waals surface area contributed by atoms with Gasteiger partial charge in [0, 0.05) is 45.5 Å².